The SMILES string of the molecule is CCCCSP(C)(=O)OCCOC(=O)CCCC. The highest BCUT2D eigenvalue weighted by Crippen LogP contribution is 2.56. The van der Waals surface area contributed by atoms with E-state index in [1.807, 2.05) is 6.92 Å². The van der Waals surface area contributed by atoms with Crippen molar-refractivity contribution in [2.45, 2.75) is 46.0 Å². The summed E-state index contributed by atoms with van der Waals surface area (Å²) in [5.74, 6) is 0.644. The molecule has 4 nitrogen and oxygen atoms in total. The van der Waals surface area contributed by atoms with E-state index in [4.69, 9.17) is 9.26 Å². The number of hydrogen-bond acceptors (Lipinski definition) is 5. The van der Waals surface area contributed by atoms with Crippen LogP contribution in [0.1, 0.15) is 46.0 Å². The van der Waals surface area contributed by atoms with Crippen LogP contribution in [0, 0.1) is 0 Å². The van der Waals surface area contributed by atoms with Crippen molar-refractivity contribution >= 4 is 23.9 Å². The number of unbranched alkanes of at least 4 members (excludes halogenated alkanes) is 2. The highest BCUT2D eigenvalue weighted by atomic mass is 32.7. The van der Waals surface area contributed by atoms with E-state index in [2.05, 4.69) is 6.92 Å². The molecule has 108 valence electrons. The van der Waals surface area contributed by atoms with Gasteiger partial charge in [0.05, 0.1) is 6.61 Å². The Morgan fingerprint density at radius 2 is 1.83 bits per heavy atom. The fourth-order valence-electron chi connectivity index (χ4n) is 1.16. The number of carbonyl (C=O) groups excluding carboxylic acids is 1. The van der Waals surface area contributed by atoms with E-state index in [0.717, 1.165) is 31.4 Å². The summed E-state index contributed by atoms with van der Waals surface area (Å²) in [6.45, 7) is 3.56. The molecule has 0 aliphatic heterocycles. The highest BCUT2D eigenvalue weighted by Gasteiger charge is 2.16. The van der Waals surface area contributed by atoms with Gasteiger partial charge in [-0.2, -0.15) is 0 Å². The van der Waals surface area contributed by atoms with Gasteiger partial charge >= 0.3 is 5.97 Å². The first-order valence-corrected chi connectivity index (χ1v) is 10.2. The Hall–Kier alpha value is 0.0100. The van der Waals surface area contributed by atoms with E-state index < -0.39 is 6.57 Å². The maximum absolute atomic E-state index is 11.9. The summed E-state index contributed by atoms with van der Waals surface area (Å²) in [6, 6.07) is 0. The maximum Gasteiger partial charge on any atom is 0.305 e. The molecular formula is C12H25O4PS. The lowest BCUT2D eigenvalue weighted by molar-refractivity contribution is -0.144. The number of carbonyl (C=O) groups is 1. The first kappa shape index (κ1) is 18.0. The van der Waals surface area contributed by atoms with Gasteiger partial charge in [0.2, 0.25) is 0 Å². The molecule has 0 aliphatic rings. The summed E-state index contributed by atoms with van der Waals surface area (Å²) >= 11 is 1.37. The molecule has 1 atom stereocenters. The lowest BCUT2D eigenvalue weighted by Gasteiger charge is -2.13. The van der Waals surface area contributed by atoms with Gasteiger partial charge in [-0.1, -0.05) is 38.1 Å². The molecule has 0 spiro atoms. The lowest BCUT2D eigenvalue weighted by Crippen LogP contribution is -2.09. The predicted molar refractivity (Wildman–Crippen MR) is 77.3 cm³/mol. The molecule has 0 aromatic rings. The van der Waals surface area contributed by atoms with E-state index >= 15 is 0 Å². The Labute approximate surface area is 114 Å². The average molecular weight is 296 g/mol. The van der Waals surface area contributed by atoms with Crippen LogP contribution >= 0.6 is 18.0 Å². The zero-order valence-corrected chi connectivity index (χ0v) is 13.4. The van der Waals surface area contributed by atoms with Crippen molar-refractivity contribution in [3.05, 3.63) is 0 Å². The van der Waals surface area contributed by atoms with Gasteiger partial charge in [-0.05, 0) is 12.8 Å². The standard InChI is InChI=1S/C12H25O4PS/c1-4-6-8-12(13)15-9-10-16-17(3,14)18-11-7-5-2/h4-11H2,1-3H3. The van der Waals surface area contributed by atoms with Crippen molar-refractivity contribution in [3.8, 4) is 0 Å². The normalized spacial score (nSPS) is 14.2. The summed E-state index contributed by atoms with van der Waals surface area (Å²) in [4.78, 5) is 11.2. The molecule has 0 saturated carbocycles. The zero-order chi connectivity index (χ0) is 13.9. The Kier molecular flexibility index (Phi) is 10.9. The van der Waals surface area contributed by atoms with Crippen LogP contribution in [0.5, 0.6) is 0 Å². The Morgan fingerprint density at radius 1 is 1.17 bits per heavy atom. The molecular weight excluding hydrogens is 271 g/mol. The summed E-state index contributed by atoms with van der Waals surface area (Å²) in [5, 5.41) is 0. The summed E-state index contributed by atoms with van der Waals surface area (Å²) in [6.07, 6.45) is 4.40. The third-order valence-electron chi connectivity index (χ3n) is 2.23. The van der Waals surface area contributed by atoms with Crippen LogP contribution in [-0.4, -0.2) is 31.6 Å². The van der Waals surface area contributed by atoms with Crippen LogP contribution in [-0.2, 0) is 18.6 Å². The van der Waals surface area contributed by atoms with Gasteiger partial charge in [-0.15, -0.1) is 0 Å². The van der Waals surface area contributed by atoms with E-state index in [0.29, 0.717) is 6.42 Å². The van der Waals surface area contributed by atoms with Crippen molar-refractivity contribution in [2.75, 3.05) is 25.6 Å². The molecule has 0 bridgehead atoms. The molecule has 0 aromatic carbocycles. The number of esters is 1. The van der Waals surface area contributed by atoms with Crippen LogP contribution in [0.3, 0.4) is 0 Å². The van der Waals surface area contributed by atoms with Crippen molar-refractivity contribution in [3.63, 3.8) is 0 Å². The third kappa shape index (κ3) is 11.1. The van der Waals surface area contributed by atoms with Gasteiger partial charge in [0.15, 0.2) is 0 Å². The minimum absolute atomic E-state index is 0.189. The summed E-state index contributed by atoms with van der Waals surface area (Å²) in [5.41, 5.74) is 0. The van der Waals surface area contributed by atoms with Crippen molar-refractivity contribution in [1.82, 2.24) is 0 Å². The Balaban J connectivity index is 3.57. The van der Waals surface area contributed by atoms with Crippen LogP contribution in [0.4, 0.5) is 0 Å². The quantitative estimate of drug-likeness (QED) is 0.326. The molecule has 0 aromatic heterocycles. The van der Waals surface area contributed by atoms with Gasteiger partial charge < -0.3 is 9.26 Å². The van der Waals surface area contributed by atoms with Gasteiger partial charge in [0.25, 0.3) is 6.57 Å². The van der Waals surface area contributed by atoms with Crippen molar-refractivity contribution in [1.29, 1.82) is 0 Å². The minimum atomic E-state index is -2.58. The monoisotopic (exact) mass is 296 g/mol. The molecule has 0 radical (unpaired) electrons. The zero-order valence-electron chi connectivity index (χ0n) is 11.6. The molecule has 0 fully saturated rings. The van der Waals surface area contributed by atoms with E-state index in [1.54, 1.807) is 6.66 Å². The Bertz CT molecular complexity index is 271. The van der Waals surface area contributed by atoms with Crippen molar-refractivity contribution in [2.24, 2.45) is 0 Å². The topological polar surface area (TPSA) is 52.6 Å². The van der Waals surface area contributed by atoms with Gasteiger partial charge in [0.1, 0.15) is 6.61 Å². The molecule has 6 heteroatoms. The highest BCUT2D eigenvalue weighted by molar-refractivity contribution is 8.56. The lowest BCUT2D eigenvalue weighted by atomic mass is 10.2. The van der Waals surface area contributed by atoms with E-state index in [1.165, 1.54) is 11.4 Å². The first-order chi connectivity index (χ1) is 8.52. The largest absolute Gasteiger partial charge is 0.463 e. The average Bonchev–Trinajstić information content (AvgIpc) is 2.32. The number of hydrogen-bond donors (Lipinski definition) is 0. The molecule has 18 heavy (non-hydrogen) atoms. The molecule has 0 rings (SSSR count). The van der Waals surface area contributed by atoms with Crippen LogP contribution in [0.15, 0.2) is 0 Å². The molecule has 1 unspecified atom stereocenters. The molecule has 0 saturated heterocycles. The predicted octanol–water partition coefficient (Wildman–Crippen LogP) is 4.09. The first-order valence-electron chi connectivity index (χ1n) is 6.54. The molecule has 0 amide bonds. The molecule has 0 N–H and O–H groups in total. The van der Waals surface area contributed by atoms with E-state index in [9.17, 15) is 9.36 Å². The summed E-state index contributed by atoms with van der Waals surface area (Å²) in [7, 11) is 0. The molecule has 0 heterocycles. The second-order valence-corrected chi connectivity index (χ2v) is 9.35. The smallest absolute Gasteiger partial charge is 0.305 e. The van der Waals surface area contributed by atoms with Crippen LogP contribution < -0.4 is 0 Å². The van der Waals surface area contributed by atoms with Crippen LogP contribution in [0.25, 0.3) is 0 Å². The Morgan fingerprint density at radius 3 is 2.44 bits per heavy atom. The van der Waals surface area contributed by atoms with Crippen LogP contribution in [0.2, 0.25) is 0 Å². The number of rotatable bonds is 11. The third-order valence-corrected chi connectivity index (χ3v) is 6.09. The van der Waals surface area contributed by atoms with Gasteiger partial charge in [-0.3, -0.25) is 9.36 Å². The minimum Gasteiger partial charge on any atom is -0.463 e. The number of ether oxygens (including phenoxy) is 1. The summed E-state index contributed by atoms with van der Waals surface area (Å²) < 4.78 is 22.1. The second kappa shape index (κ2) is 10.9. The van der Waals surface area contributed by atoms with Crippen molar-refractivity contribution < 1.29 is 18.6 Å². The van der Waals surface area contributed by atoms with Gasteiger partial charge in [0, 0.05) is 18.8 Å². The maximum atomic E-state index is 11.9. The molecule has 0 aliphatic carbocycles. The second-order valence-electron chi connectivity index (χ2n) is 4.12. The fourth-order valence-corrected chi connectivity index (χ4v) is 4.22. The van der Waals surface area contributed by atoms with Gasteiger partial charge in [-0.25, -0.2) is 0 Å². The van der Waals surface area contributed by atoms with E-state index in [-0.39, 0.29) is 19.2 Å². The fraction of sp³-hybridized carbons (Fsp3) is 0.917.